The molecule has 0 aromatic carbocycles. The van der Waals surface area contributed by atoms with Crippen LogP contribution < -0.4 is 10.2 Å². The van der Waals surface area contributed by atoms with Crippen molar-refractivity contribution in [1.29, 1.82) is 0 Å². The van der Waals surface area contributed by atoms with E-state index < -0.39 is 0 Å². The number of fused-ring (bicyclic) bond motifs is 1. The molecule has 4 rings (SSSR count). The topological polar surface area (TPSA) is 88.8 Å². The van der Waals surface area contributed by atoms with Gasteiger partial charge in [-0.15, -0.1) is 10.2 Å². The van der Waals surface area contributed by atoms with Gasteiger partial charge in [0, 0.05) is 51.4 Å². The Labute approximate surface area is 159 Å². The third-order valence-electron chi connectivity index (χ3n) is 5.46. The molecule has 0 aliphatic carbocycles. The molecule has 2 aliphatic heterocycles. The molecule has 8 heteroatoms. The molecule has 1 unspecified atom stereocenters. The van der Waals surface area contributed by atoms with Gasteiger partial charge in [0.15, 0.2) is 0 Å². The first-order valence-corrected chi connectivity index (χ1v) is 10.0. The summed E-state index contributed by atoms with van der Waals surface area (Å²) >= 11 is 0. The molecule has 1 fully saturated rings. The van der Waals surface area contributed by atoms with Crippen molar-refractivity contribution in [3.8, 4) is 0 Å². The number of hydrogen-bond acceptors (Lipinski definition) is 6. The van der Waals surface area contributed by atoms with Gasteiger partial charge in [-0.05, 0) is 31.7 Å². The van der Waals surface area contributed by atoms with E-state index in [1.165, 1.54) is 19.3 Å². The quantitative estimate of drug-likeness (QED) is 0.856. The van der Waals surface area contributed by atoms with Crippen LogP contribution in [0.3, 0.4) is 0 Å². The van der Waals surface area contributed by atoms with E-state index in [9.17, 15) is 4.79 Å². The minimum Gasteiger partial charge on any atom is -0.355 e. The van der Waals surface area contributed by atoms with Gasteiger partial charge in [0.1, 0.15) is 11.6 Å². The van der Waals surface area contributed by atoms with Gasteiger partial charge in [-0.2, -0.15) is 0 Å². The monoisotopic (exact) mass is 369 g/mol. The van der Waals surface area contributed by atoms with Gasteiger partial charge in [-0.1, -0.05) is 6.42 Å². The van der Waals surface area contributed by atoms with Crippen molar-refractivity contribution in [2.75, 3.05) is 24.5 Å². The predicted octanol–water partition coefficient (Wildman–Crippen LogP) is 1.37. The van der Waals surface area contributed by atoms with Crippen LogP contribution in [0.15, 0.2) is 18.5 Å². The first-order chi connectivity index (χ1) is 13.3. The van der Waals surface area contributed by atoms with Crippen LogP contribution in [0.1, 0.15) is 43.8 Å². The van der Waals surface area contributed by atoms with E-state index in [4.69, 9.17) is 0 Å². The maximum absolute atomic E-state index is 12.6. The molecule has 27 heavy (non-hydrogen) atoms. The van der Waals surface area contributed by atoms with Crippen LogP contribution in [0.4, 0.5) is 5.95 Å². The molecule has 1 saturated heterocycles. The van der Waals surface area contributed by atoms with Crippen molar-refractivity contribution >= 4 is 11.9 Å². The standard InChI is InChI=1S/C19H27N7O/c27-18(15-6-4-12-25(14-15)19-21-9-5-10-22-19)20-11-8-17-24-23-16-7-2-1-3-13-26(16)17/h5,9-10,15H,1-4,6-8,11-14H2,(H,20,27). The normalized spacial score (nSPS) is 20.0. The molecule has 4 heterocycles. The van der Waals surface area contributed by atoms with Crippen molar-refractivity contribution in [2.24, 2.45) is 5.92 Å². The molecule has 0 radical (unpaired) electrons. The van der Waals surface area contributed by atoms with Crippen molar-refractivity contribution in [2.45, 2.75) is 51.5 Å². The lowest BCUT2D eigenvalue weighted by atomic mass is 9.97. The zero-order valence-electron chi connectivity index (χ0n) is 15.7. The Kier molecular flexibility index (Phi) is 5.60. The summed E-state index contributed by atoms with van der Waals surface area (Å²) in [6.45, 7) is 3.19. The summed E-state index contributed by atoms with van der Waals surface area (Å²) in [6.07, 6.45) is 10.8. The Morgan fingerprint density at radius 3 is 2.89 bits per heavy atom. The van der Waals surface area contributed by atoms with Crippen LogP contribution in [-0.4, -0.2) is 50.3 Å². The molecule has 1 N–H and O–H groups in total. The second kappa shape index (κ2) is 8.45. The molecule has 8 nitrogen and oxygen atoms in total. The van der Waals surface area contributed by atoms with Crippen LogP contribution in [0, 0.1) is 5.92 Å². The van der Waals surface area contributed by atoms with Gasteiger partial charge in [0.2, 0.25) is 11.9 Å². The number of rotatable bonds is 5. The summed E-state index contributed by atoms with van der Waals surface area (Å²) in [5, 5.41) is 11.8. The first kappa shape index (κ1) is 17.9. The van der Waals surface area contributed by atoms with E-state index in [0.717, 1.165) is 50.4 Å². The average molecular weight is 369 g/mol. The fourth-order valence-corrected chi connectivity index (χ4v) is 4.00. The van der Waals surface area contributed by atoms with Gasteiger partial charge in [-0.25, -0.2) is 9.97 Å². The lowest BCUT2D eigenvalue weighted by Crippen LogP contribution is -2.44. The fourth-order valence-electron chi connectivity index (χ4n) is 4.00. The van der Waals surface area contributed by atoms with Gasteiger partial charge in [0.05, 0.1) is 5.92 Å². The fraction of sp³-hybridized carbons (Fsp3) is 0.632. The number of aryl methyl sites for hydroxylation is 1. The Hall–Kier alpha value is -2.51. The van der Waals surface area contributed by atoms with Gasteiger partial charge >= 0.3 is 0 Å². The molecule has 1 amide bonds. The second-order valence-corrected chi connectivity index (χ2v) is 7.37. The van der Waals surface area contributed by atoms with E-state index in [2.05, 4.69) is 34.9 Å². The number of carbonyl (C=O) groups excluding carboxylic acids is 1. The van der Waals surface area contributed by atoms with Gasteiger partial charge in [0.25, 0.3) is 0 Å². The molecule has 0 spiro atoms. The van der Waals surface area contributed by atoms with Crippen molar-refractivity contribution < 1.29 is 4.79 Å². The first-order valence-electron chi connectivity index (χ1n) is 10.0. The maximum atomic E-state index is 12.6. The van der Waals surface area contributed by atoms with E-state index in [1.807, 2.05) is 6.07 Å². The number of anilines is 1. The summed E-state index contributed by atoms with van der Waals surface area (Å²) in [7, 11) is 0. The van der Waals surface area contributed by atoms with E-state index in [1.54, 1.807) is 12.4 Å². The Bertz CT molecular complexity index is 761. The number of nitrogens with zero attached hydrogens (tertiary/aromatic N) is 6. The Morgan fingerprint density at radius 1 is 1.11 bits per heavy atom. The zero-order chi connectivity index (χ0) is 18.5. The highest BCUT2D eigenvalue weighted by atomic mass is 16.1. The number of piperidine rings is 1. The van der Waals surface area contributed by atoms with Crippen molar-refractivity contribution in [1.82, 2.24) is 30.0 Å². The van der Waals surface area contributed by atoms with Gasteiger partial charge < -0.3 is 14.8 Å². The highest BCUT2D eigenvalue weighted by Gasteiger charge is 2.27. The largest absolute Gasteiger partial charge is 0.355 e. The number of nitrogens with one attached hydrogen (secondary N) is 1. The van der Waals surface area contributed by atoms with Gasteiger partial charge in [-0.3, -0.25) is 4.79 Å². The second-order valence-electron chi connectivity index (χ2n) is 7.37. The third-order valence-corrected chi connectivity index (χ3v) is 5.46. The van der Waals surface area contributed by atoms with Crippen LogP contribution >= 0.6 is 0 Å². The van der Waals surface area contributed by atoms with Crippen molar-refractivity contribution in [3.05, 3.63) is 30.1 Å². The van der Waals surface area contributed by atoms with E-state index in [-0.39, 0.29) is 11.8 Å². The molecule has 1 atom stereocenters. The molecular formula is C19H27N7O. The molecule has 2 aliphatic rings. The van der Waals surface area contributed by atoms with Crippen LogP contribution in [0.5, 0.6) is 0 Å². The highest BCUT2D eigenvalue weighted by molar-refractivity contribution is 5.79. The predicted molar refractivity (Wildman–Crippen MR) is 101 cm³/mol. The van der Waals surface area contributed by atoms with Crippen LogP contribution in [0.2, 0.25) is 0 Å². The van der Waals surface area contributed by atoms with Crippen LogP contribution in [0.25, 0.3) is 0 Å². The summed E-state index contributed by atoms with van der Waals surface area (Å²) < 4.78 is 2.24. The molecule has 0 saturated carbocycles. The number of carbonyl (C=O) groups is 1. The number of amides is 1. The summed E-state index contributed by atoms with van der Waals surface area (Å²) in [5.74, 6) is 2.90. The lowest BCUT2D eigenvalue weighted by molar-refractivity contribution is -0.125. The molecular weight excluding hydrogens is 342 g/mol. The molecule has 2 aromatic rings. The van der Waals surface area contributed by atoms with Crippen LogP contribution in [-0.2, 0) is 24.2 Å². The Morgan fingerprint density at radius 2 is 2.00 bits per heavy atom. The summed E-state index contributed by atoms with van der Waals surface area (Å²) in [5.41, 5.74) is 0. The molecule has 144 valence electrons. The van der Waals surface area contributed by atoms with E-state index >= 15 is 0 Å². The maximum Gasteiger partial charge on any atom is 0.225 e. The van der Waals surface area contributed by atoms with Crippen molar-refractivity contribution in [3.63, 3.8) is 0 Å². The third kappa shape index (κ3) is 4.26. The SMILES string of the molecule is O=C(NCCc1nnc2n1CCCCC2)C1CCCN(c2ncccn2)C1. The van der Waals surface area contributed by atoms with E-state index in [0.29, 0.717) is 19.0 Å². The number of aromatic nitrogens is 5. The zero-order valence-corrected chi connectivity index (χ0v) is 15.7. The Balaban J connectivity index is 1.29. The molecule has 0 bridgehead atoms. The average Bonchev–Trinajstić information content (AvgIpc) is 2.95. The minimum absolute atomic E-state index is 0.0157. The smallest absolute Gasteiger partial charge is 0.225 e. The molecule has 2 aromatic heterocycles. The summed E-state index contributed by atoms with van der Waals surface area (Å²) in [4.78, 5) is 23.3. The summed E-state index contributed by atoms with van der Waals surface area (Å²) in [6, 6.07) is 1.81. The highest BCUT2D eigenvalue weighted by Crippen LogP contribution is 2.20. The lowest BCUT2D eigenvalue weighted by Gasteiger charge is -2.31. The minimum atomic E-state index is -0.0157. The number of hydrogen-bond donors (Lipinski definition) is 1.